The number of ketones is 1. The average Bonchev–Trinajstić information content (AvgIpc) is 2.83. The minimum absolute atomic E-state index is 0.0211. The van der Waals surface area contributed by atoms with Gasteiger partial charge in [-0.15, -0.1) is 0 Å². The smallest absolute Gasteiger partial charge is 0.220 e. The van der Waals surface area contributed by atoms with Crippen LogP contribution in [0.3, 0.4) is 0 Å². The lowest BCUT2D eigenvalue weighted by Gasteiger charge is -2.30. The molecule has 1 saturated heterocycles. The van der Waals surface area contributed by atoms with Crippen molar-refractivity contribution >= 4 is 11.7 Å². The minimum Gasteiger partial charge on any atom is -0.369 e. The molecule has 1 aliphatic carbocycles. The molecule has 0 aromatic rings. The first-order valence-corrected chi connectivity index (χ1v) is 6.71. The summed E-state index contributed by atoms with van der Waals surface area (Å²) in [5.41, 5.74) is 5.29. The largest absolute Gasteiger partial charge is 0.369 e. The Hall–Kier alpha value is -0.900. The zero-order valence-corrected chi connectivity index (χ0v) is 10.4. The van der Waals surface area contributed by atoms with Crippen molar-refractivity contribution in [3.8, 4) is 0 Å². The van der Waals surface area contributed by atoms with Gasteiger partial charge in [-0.05, 0) is 38.8 Å². The second kappa shape index (κ2) is 5.63. The average molecular weight is 238 g/mol. The van der Waals surface area contributed by atoms with E-state index in [1.54, 1.807) is 0 Å². The van der Waals surface area contributed by atoms with Crippen LogP contribution >= 0.6 is 0 Å². The highest BCUT2D eigenvalue weighted by Gasteiger charge is 2.27. The van der Waals surface area contributed by atoms with Gasteiger partial charge < -0.3 is 5.73 Å². The van der Waals surface area contributed by atoms with Crippen molar-refractivity contribution < 1.29 is 9.59 Å². The molecular formula is C13H22N2O2. The molecule has 2 rings (SSSR count). The molecule has 4 nitrogen and oxygen atoms in total. The quantitative estimate of drug-likeness (QED) is 0.793. The molecule has 1 aliphatic heterocycles. The maximum Gasteiger partial charge on any atom is 0.220 e. The van der Waals surface area contributed by atoms with Gasteiger partial charge in [0.2, 0.25) is 5.91 Å². The molecule has 0 aromatic heterocycles. The Kier molecular flexibility index (Phi) is 4.15. The normalized spacial score (nSPS) is 24.0. The standard InChI is InChI=1S/C13H22N2O2/c14-13(17)11-5-7-15(8-6-11)9-12(16)10-3-1-2-4-10/h10-11H,1-9H2,(H2,14,17). The topological polar surface area (TPSA) is 63.4 Å². The van der Waals surface area contributed by atoms with E-state index in [1.807, 2.05) is 0 Å². The molecule has 1 amide bonds. The van der Waals surface area contributed by atoms with Gasteiger partial charge in [-0.25, -0.2) is 0 Å². The van der Waals surface area contributed by atoms with Gasteiger partial charge in [0.15, 0.2) is 0 Å². The van der Waals surface area contributed by atoms with Crippen molar-refractivity contribution in [1.29, 1.82) is 0 Å². The van der Waals surface area contributed by atoms with Gasteiger partial charge in [-0.2, -0.15) is 0 Å². The number of hydrogen-bond acceptors (Lipinski definition) is 3. The highest BCUT2D eigenvalue weighted by Crippen LogP contribution is 2.26. The van der Waals surface area contributed by atoms with Crippen molar-refractivity contribution in [1.82, 2.24) is 4.90 Å². The van der Waals surface area contributed by atoms with Gasteiger partial charge in [0.05, 0.1) is 6.54 Å². The Bertz CT molecular complexity index is 290. The number of amides is 1. The number of carbonyl (C=O) groups excluding carboxylic acids is 2. The van der Waals surface area contributed by atoms with Crippen molar-refractivity contribution in [3.63, 3.8) is 0 Å². The molecule has 2 N–H and O–H groups in total. The molecule has 0 aromatic carbocycles. The molecule has 96 valence electrons. The molecule has 0 atom stereocenters. The van der Waals surface area contributed by atoms with E-state index in [1.165, 1.54) is 12.8 Å². The van der Waals surface area contributed by atoms with Gasteiger partial charge in [-0.1, -0.05) is 12.8 Å². The van der Waals surface area contributed by atoms with Crippen LogP contribution < -0.4 is 5.73 Å². The summed E-state index contributed by atoms with van der Waals surface area (Å²) >= 11 is 0. The van der Waals surface area contributed by atoms with Crippen LogP contribution in [0, 0.1) is 11.8 Å². The van der Waals surface area contributed by atoms with E-state index in [9.17, 15) is 9.59 Å². The summed E-state index contributed by atoms with van der Waals surface area (Å²) in [7, 11) is 0. The highest BCUT2D eigenvalue weighted by atomic mass is 16.1. The molecule has 0 spiro atoms. The number of Topliss-reactive ketones (excluding diaryl/α,β-unsaturated/α-hetero) is 1. The Morgan fingerprint density at radius 2 is 1.59 bits per heavy atom. The van der Waals surface area contributed by atoms with E-state index in [2.05, 4.69) is 4.90 Å². The zero-order valence-electron chi connectivity index (χ0n) is 10.4. The summed E-state index contributed by atoms with van der Waals surface area (Å²) in [6.07, 6.45) is 6.20. The van der Waals surface area contributed by atoms with Crippen molar-refractivity contribution in [2.45, 2.75) is 38.5 Å². The number of carbonyl (C=O) groups is 2. The van der Waals surface area contributed by atoms with Crippen LogP contribution in [0.5, 0.6) is 0 Å². The summed E-state index contributed by atoms with van der Waals surface area (Å²) < 4.78 is 0. The van der Waals surface area contributed by atoms with Gasteiger partial charge in [0, 0.05) is 11.8 Å². The maximum absolute atomic E-state index is 12.0. The van der Waals surface area contributed by atoms with Crippen LogP contribution in [0.25, 0.3) is 0 Å². The minimum atomic E-state index is -0.188. The van der Waals surface area contributed by atoms with Gasteiger partial charge in [0.1, 0.15) is 5.78 Å². The van der Waals surface area contributed by atoms with E-state index >= 15 is 0 Å². The SMILES string of the molecule is NC(=O)C1CCN(CC(=O)C2CCCC2)CC1. The third-order valence-corrected chi connectivity index (χ3v) is 4.18. The van der Waals surface area contributed by atoms with E-state index in [-0.39, 0.29) is 11.8 Å². The summed E-state index contributed by atoms with van der Waals surface area (Å²) in [4.78, 5) is 25.2. The second-order valence-electron chi connectivity index (χ2n) is 5.40. The molecule has 1 saturated carbocycles. The van der Waals surface area contributed by atoms with E-state index in [0.29, 0.717) is 18.2 Å². The number of primary amides is 1. The third kappa shape index (κ3) is 3.28. The molecule has 0 bridgehead atoms. The third-order valence-electron chi connectivity index (χ3n) is 4.18. The molecule has 2 aliphatic rings. The van der Waals surface area contributed by atoms with E-state index in [4.69, 9.17) is 5.73 Å². The first kappa shape index (κ1) is 12.6. The summed E-state index contributed by atoms with van der Waals surface area (Å²) in [5, 5.41) is 0. The van der Waals surface area contributed by atoms with Crippen LogP contribution in [-0.4, -0.2) is 36.2 Å². The fourth-order valence-corrected chi connectivity index (χ4v) is 2.97. The van der Waals surface area contributed by atoms with Crippen molar-refractivity contribution in [3.05, 3.63) is 0 Å². The lowest BCUT2D eigenvalue weighted by atomic mass is 9.95. The van der Waals surface area contributed by atoms with Gasteiger partial charge in [-0.3, -0.25) is 14.5 Å². The van der Waals surface area contributed by atoms with E-state index < -0.39 is 0 Å². The Morgan fingerprint density at radius 3 is 2.12 bits per heavy atom. The number of nitrogens with zero attached hydrogens (tertiary/aromatic N) is 1. The van der Waals surface area contributed by atoms with Crippen LogP contribution in [0.15, 0.2) is 0 Å². The first-order valence-electron chi connectivity index (χ1n) is 6.71. The Balaban J connectivity index is 1.74. The Labute approximate surface area is 103 Å². The fraction of sp³-hybridized carbons (Fsp3) is 0.846. The zero-order chi connectivity index (χ0) is 12.3. The number of likely N-dealkylation sites (tertiary alicyclic amines) is 1. The second-order valence-corrected chi connectivity index (χ2v) is 5.40. The first-order chi connectivity index (χ1) is 8.16. The predicted molar refractivity (Wildman–Crippen MR) is 65.3 cm³/mol. The van der Waals surface area contributed by atoms with Crippen molar-refractivity contribution in [2.75, 3.05) is 19.6 Å². The van der Waals surface area contributed by atoms with Crippen molar-refractivity contribution in [2.24, 2.45) is 17.6 Å². The van der Waals surface area contributed by atoms with E-state index in [0.717, 1.165) is 38.8 Å². The number of hydrogen-bond donors (Lipinski definition) is 1. The fourth-order valence-electron chi connectivity index (χ4n) is 2.97. The molecular weight excluding hydrogens is 216 g/mol. The monoisotopic (exact) mass is 238 g/mol. The Morgan fingerprint density at radius 1 is 1.00 bits per heavy atom. The van der Waals surface area contributed by atoms with Crippen LogP contribution in [0.2, 0.25) is 0 Å². The molecule has 0 radical (unpaired) electrons. The summed E-state index contributed by atoms with van der Waals surface area (Å²) in [6.45, 7) is 2.26. The molecule has 4 heteroatoms. The molecule has 2 fully saturated rings. The molecule has 0 unspecified atom stereocenters. The summed E-state index contributed by atoms with van der Waals surface area (Å²) in [6, 6.07) is 0. The van der Waals surface area contributed by atoms with Gasteiger partial charge in [0.25, 0.3) is 0 Å². The lowest BCUT2D eigenvalue weighted by Crippen LogP contribution is -2.41. The molecule has 17 heavy (non-hydrogen) atoms. The number of rotatable bonds is 4. The summed E-state index contributed by atoms with van der Waals surface area (Å²) in [5.74, 6) is 0.545. The maximum atomic E-state index is 12.0. The predicted octanol–water partition coefficient (Wildman–Crippen LogP) is 0.943. The van der Waals surface area contributed by atoms with Crippen LogP contribution in [-0.2, 0) is 9.59 Å². The number of nitrogens with two attached hydrogens (primary N) is 1. The molecule has 1 heterocycles. The highest BCUT2D eigenvalue weighted by molar-refractivity contribution is 5.83. The van der Waals surface area contributed by atoms with Gasteiger partial charge >= 0.3 is 0 Å². The lowest BCUT2D eigenvalue weighted by molar-refractivity contribution is -0.125. The van der Waals surface area contributed by atoms with Crippen LogP contribution in [0.1, 0.15) is 38.5 Å². The number of piperidine rings is 1. The van der Waals surface area contributed by atoms with Crippen LogP contribution in [0.4, 0.5) is 0 Å².